The van der Waals surface area contributed by atoms with Gasteiger partial charge in [0.05, 0.1) is 12.1 Å². The number of amides is 2. The average molecular weight is 463 g/mol. The standard InChI is InChI=1S/C22H24F3N5O3/c23-22(24,25)21-28-18(29-33-21)12-7-8-13-11-30(20(32)14(13)10-12)17-6-2-1-4-15(17)27-19(31)16-5-3-9-26-16/h7-8,10,15-17,26H,1-6,9,11H2,(H,27,31)/t15-,16-,17-/m1/s1. The highest BCUT2D eigenvalue weighted by molar-refractivity contribution is 5.99. The van der Waals surface area contributed by atoms with Crippen LogP contribution in [-0.4, -0.2) is 51.5 Å². The van der Waals surface area contributed by atoms with Crippen molar-refractivity contribution in [1.82, 2.24) is 25.7 Å². The first-order valence-electron chi connectivity index (χ1n) is 11.2. The highest BCUT2D eigenvalue weighted by Gasteiger charge is 2.40. The van der Waals surface area contributed by atoms with E-state index < -0.39 is 12.1 Å². The molecule has 5 rings (SSSR count). The predicted octanol–water partition coefficient (Wildman–Crippen LogP) is 2.89. The molecule has 176 valence electrons. The van der Waals surface area contributed by atoms with Crippen LogP contribution in [-0.2, 0) is 17.5 Å². The number of carbonyl (C=O) groups excluding carboxylic acids is 2. The summed E-state index contributed by atoms with van der Waals surface area (Å²) in [6.45, 7) is 1.23. The van der Waals surface area contributed by atoms with E-state index in [2.05, 4.69) is 25.3 Å². The molecule has 3 heterocycles. The Morgan fingerprint density at radius 2 is 2.00 bits per heavy atom. The van der Waals surface area contributed by atoms with E-state index in [9.17, 15) is 22.8 Å². The van der Waals surface area contributed by atoms with Gasteiger partial charge in [0.15, 0.2) is 0 Å². The first-order chi connectivity index (χ1) is 15.8. The van der Waals surface area contributed by atoms with Gasteiger partial charge in [-0.25, -0.2) is 0 Å². The summed E-state index contributed by atoms with van der Waals surface area (Å²) in [4.78, 5) is 31.1. The van der Waals surface area contributed by atoms with E-state index in [1.54, 1.807) is 17.0 Å². The number of aromatic nitrogens is 2. The van der Waals surface area contributed by atoms with Crippen molar-refractivity contribution in [2.24, 2.45) is 0 Å². The molecular weight excluding hydrogens is 439 g/mol. The number of fused-ring (bicyclic) bond motifs is 1. The molecule has 2 N–H and O–H groups in total. The molecule has 3 aliphatic rings. The molecule has 1 aromatic heterocycles. The number of alkyl halides is 3. The minimum Gasteiger partial charge on any atom is -0.350 e. The summed E-state index contributed by atoms with van der Waals surface area (Å²) < 4.78 is 42.7. The Labute approximate surface area is 187 Å². The number of benzene rings is 1. The van der Waals surface area contributed by atoms with Crippen molar-refractivity contribution < 1.29 is 27.3 Å². The first-order valence-corrected chi connectivity index (χ1v) is 11.2. The van der Waals surface area contributed by atoms with Crippen molar-refractivity contribution in [1.29, 1.82) is 0 Å². The molecule has 2 aliphatic heterocycles. The lowest BCUT2D eigenvalue weighted by molar-refractivity contribution is -0.159. The molecule has 11 heteroatoms. The average Bonchev–Trinajstić information content (AvgIpc) is 3.54. The van der Waals surface area contributed by atoms with Gasteiger partial charge in [0.25, 0.3) is 5.91 Å². The van der Waals surface area contributed by atoms with E-state index in [1.807, 2.05) is 0 Å². The maximum Gasteiger partial charge on any atom is 0.471 e. The summed E-state index contributed by atoms with van der Waals surface area (Å²) in [5.74, 6) is -1.86. The summed E-state index contributed by atoms with van der Waals surface area (Å²) in [5, 5.41) is 9.77. The number of hydrogen-bond donors (Lipinski definition) is 2. The molecule has 2 amide bonds. The van der Waals surface area contributed by atoms with Gasteiger partial charge in [0.1, 0.15) is 0 Å². The van der Waals surface area contributed by atoms with Gasteiger partial charge in [0, 0.05) is 23.7 Å². The molecule has 1 saturated carbocycles. The van der Waals surface area contributed by atoms with Crippen LogP contribution in [0.5, 0.6) is 0 Å². The zero-order valence-electron chi connectivity index (χ0n) is 17.8. The predicted molar refractivity (Wildman–Crippen MR) is 110 cm³/mol. The lowest BCUT2D eigenvalue weighted by atomic mass is 9.89. The van der Waals surface area contributed by atoms with E-state index in [1.165, 1.54) is 6.07 Å². The first kappa shape index (κ1) is 21.9. The van der Waals surface area contributed by atoms with E-state index in [-0.39, 0.29) is 41.3 Å². The Hall–Kier alpha value is -2.95. The summed E-state index contributed by atoms with van der Waals surface area (Å²) >= 11 is 0. The van der Waals surface area contributed by atoms with Gasteiger partial charge in [0.2, 0.25) is 11.7 Å². The molecule has 0 unspecified atom stereocenters. The quantitative estimate of drug-likeness (QED) is 0.723. The Morgan fingerprint density at radius 1 is 1.18 bits per heavy atom. The summed E-state index contributed by atoms with van der Waals surface area (Å²) in [7, 11) is 0. The number of hydrogen-bond acceptors (Lipinski definition) is 6. The highest BCUT2D eigenvalue weighted by Crippen LogP contribution is 2.34. The molecule has 0 bridgehead atoms. The van der Waals surface area contributed by atoms with Crippen LogP contribution in [0.4, 0.5) is 13.2 Å². The van der Waals surface area contributed by atoms with Gasteiger partial charge in [-0.15, -0.1) is 0 Å². The van der Waals surface area contributed by atoms with Crippen LogP contribution in [0.1, 0.15) is 60.3 Å². The third kappa shape index (κ3) is 4.21. The molecular formula is C22H24F3N5O3. The third-order valence-electron chi connectivity index (χ3n) is 6.70. The SMILES string of the molecule is O=C(N[C@@H]1CCCC[C@H]1N1Cc2ccc(-c3noc(C(F)(F)F)n3)cc2C1=O)[C@H]1CCCN1. The lowest BCUT2D eigenvalue weighted by Gasteiger charge is -2.38. The fourth-order valence-corrected chi connectivity index (χ4v) is 5.03. The van der Waals surface area contributed by atoms with Crippen molar-refractivity contribution in [2.45, 2.75) is 69.4 Å². The largest absolute Gasteiger partial charge is 0.471 e. The van der Waals surface area contributed by atoms with E-state index in [4.69, 9.17) is 0 Å². The minimum absolute atomic E-state index is 0.0200. The molecule has 0 radical (unpaired) electrons. The van der Waals surface area contributed by atoms with Crippen molar-refractivity contribution in [2.75, 3.05) is 6.54 Å². The maximum atomic E-state index is 13.3. The van der Waals surface area contributed by atoms with Crippen molar-refractivity contribution in [3.05, 3.63) is 35.2 Å². The van der Waals surface area contributed by atoms with Crippen LogP contribution >= 0.6 is 0 Å². The second-order valence-electron chi connectivity index (χ2n) is 8.84. The normalized spacial score (nSPS) is 25.4. The van der Waals surface area contributed by atoms with Crippen LogP contribution in [0.2, 0.25) is 0 Å². The smallest absolute Gasteiger partial charge is 0.350 e. The number of rotatable bonds is 4. The van der Waals surface area contributed by atoms with Gasteiger partial charge in [-0.2, -0.15) is 18.2 Å². The monoisotopic (exact) mass is 463 g/mol. The van der Waals surface area contributed by atoms with Crippen molar-refractivity contribution >= 4 is 11.8 Å². The molecule has 1 saturated heterocycles. The van der Waals surface area contributed by atoms with Crippen LogP contribution in [0.15, 0.2) is 22.7 Å². The molecule has 8 nitrogen and oxygen atoms in total. The Balaban J connectivity index is 1.34. The van der Waals surface area contributed by atoms with Crippen LogP contribution in [0.25, 0.3) is 11.4 Å². The van der Waals surface area contributed by atoms with Gasteiger partial charge in [-0.1, -0.05) is 30.1 Å². The number of halogens is 3. The second-order valence-corrected chi connectivity index (χ2v) is 8.84. The number of nitrogens with zero attached hydrogens (tertiary/aromatic N) is 3. The number of nitrogens with one attached hydrogen (secondary N) is 2. The summed E-state index contributed by atoms with van der Waals surface area (Å²) in [6, 6.07) is 4.38. The summed E-state index contributed by atoms with van der Waals surface area (Å²) in [6.07, 6.45) is 0.590. The fourth-order valence-electron chi connectivity index (χ4n) is 5.03. The summed E-state index contributed by atoms with van der Waals surface area (Å²) in [5.41, 5.74) is 1.49. The minimum atomic E-state index is -4.73. The topological polar surface area (TPSA) is 100 Å². The third-order valence-corrected chi connectivity index (χ3v) is 6.70. The molecule has 2 aromatic rings. The molecule has 2 fully saturated rings. The zero-order chi connectivity index (χ0) is 23.2. The lowest BCUT2D eigenvalue weighted by Crippen LogP contribution is -2.56. The fraction of sp³-hybridized carbons (Fsp3) is 0.545. The highest BCUT2D eigenvalue weighted by atomic mass is 19.4. The van der Waals surface area contributed by atoms with Crippen LogP contribution in [0, 0.1) is 0 Å². The Bertz CT molecular complexity index is 1060. The van der Waals surface area contributed by atoms with E-state index in [0.29, 0.717) is 12.1 Å². The molecule has 0 spiro atoms. The zero-order valence-corrected chi connectivity index (χ0v) is 17.8. The molecule has 3 atom stereocenters. The van der Waals surface area contributed by atoms with Crippen molar-refractivity contribution in [3.8, 4) is 11.4 Å². The van der Waals surface area contributed by atoms with Gasteiger partial charge in [-0.05, 0) is 43.9 Å². The van der Waals surface area contributed by atoms with E-state index in [0.717, 1.165) is 50.6 Å². The maximum absolute atomic E-state index is 13.3. The van der Waals surface area contributed by atoms with Crippen molar-refractivity contribution in [3.63, 3.8) is 0 Å². The van der Waals surface area contributed by atoms with Gasteiger partial charge >= 0.3 is 12.1 Å². The van der Waals surface area contributed by atoms with Crippen LogP contribution < -0.4 is 10.6 Å². The Morgan fingerprint density at radius 3 is 2.73 bits per heavy atom. The van der Waals surface area contributed by atoms with Gasteiger partial charge < -0.3 is 20.1 Å². The molecule has 33 heavy (non-hydrogen) atoms. The van der Waals surface area contributed by atoms with E-state index >= 15 is 0 Å². The second kappa shape index (κ2) is 8.44. The van der Waals surface area contributed by atoms with Crippen LogP contribution in [0.3, 0.4) is 0 Å². The molecule has 1 aromatic carbocycles. The number of carbonyl (C=O) groups is 2. The Kier molecular flexibility index (Phi) is 5.59. The molecule has 1 aliphatic carbocycles. The van der Waals surface area contributed by atoms with Gasteiger partial charge in [-0.3, -0.25) is 9.59 Å².